The summed E-state index contributed by atoms with van der Waals surface area (Å²) in [6.07, 6.45) is 4.15. The van der Waals surface area contributed by atoms with Crippen molar-refractivity contribution < 1.29 is 14.3 Å². The number of carbonyl (C=O) groups excluding carboxylic acids is 2. The molecular formula is C14H24N2O3. The lowest BCUT2D eigenvalue weighted by Gasteiger charge is -2.31. The molecule has 1 aliphatic carbocycles. The zero-order chi connectivity index (χ0) is 13.9. The summed E-state index contributed by atoms with van der Waals surface area (Å²) in [6.45, 7) is 5.58. The highest BCUT2D eigenvalue weighted by Crippen LogP contribution is 2.32. The molecule has 0 atom stereocenters. The van der Waals surface area contributed by atoms with Crippen molar-refractivity contribution in [1.82, 2.24) is 10.2 Å². The fourth-order valence-corrected chi connectivity index (χ4v) is 2.95. The zero-order valence-electron chi connectivity index (χ0n) is 11.9. The van der Waals surface area contributed by atoms with E-state index in [9.17, 15) is 9.59 Å². The van der Waals surface area contributed by atoms with Gasteiger partial charge in [-0.3, -0.25) is 9.59 Å². The van der Waals surface area contributed by atoms with Gasteiger partial charge in [0, 0.05) is 19.5 Å². The Morgan fingerprint density at radius 2 is 2.00 bits per heavy atom. The molecule has 2 aliphatic rings. The predicted octanol–water partition coefficient (Wildman–Crippen LogP) is 1.07. The molecule has 19 heavy (non-hydrogen) atoms. The smallest absolute Gasteiger partial charge is 0.248 e. The highest BCUT2D eigenvalue weighted by Gasteiger charge is 2.46. The lowest BCUT2D eigenvalue weighted by atomic mass is 9.96. The molecule has 5 nitrogen and oxygen atoms in total. The van der Waals surface area contributed by atoms with E-state index >= 15 is 0 Å². The van der Waals surface area contributed by atoms with Crippen LogP contribution in [0, 0.1) is 0 Å². The maximum absolute atomic E-state index is 12.6. The van der Waals surface area contributed by atoms with Crippen LogP contribution in [0.2, 0.25) is 0 Å². The van der Waals surface area contributed by atoms with Crippen molar-refractivity contribution in [2.75, 3.05) is 19.7 Å². The molecule has 2 amide bonds. The Morgan fingerprint density at radius 1 is 1.32 bits per heavy atom. The van der Waals surface area contributed by atoms with E-state index < -0.39 is 5.54 Å². The Morgan fingerprint density at radius 3 is 2.63 bits per heavy atom. The molecule has 0 bridgehead atoms. The van der Waals surface area contributed by atoms with Gasteiger partial charge in [-0.05, 0) is 26.7 Å². The maximum Gasteiger partial charge on any atom is 0.248 e. The van der Waals surface area contributed by atoms with Crippen molar-refractivity contribution in [3.63, 3.8) is 0 Å². The first-order chi connectivity index (χ1) is 9.03. The topological polar surface area (TPSA) is 58.6 Å². The minimum atomic E-state index is -0.620. The third kappa shape index (κ3) is 3.26. The van der Waals surface area contributed by atoms with Crippen molar-refractivity contribution >= 4 is 11.8 Å². The summed E-state index contributed by atoms with van der Waals surface area (Å²) in [5.41, 5.74) is -0.620. The lowest BCUT2D eigenvalue weighted by molar-refractivity contribution is -0.139. The number of amides is 2. The first kappa shape index (κ1) is 14.3. The Hall–Kier alpha value is -1.10. The molecule has 2 fully saturated rings. The standard InChI is InChI=1S/C14H24N2O3/c1-11(2)19-10-9-16-8-5-12(17)15-14(13(16)18)6-3-4-7-14/h11H,3-10H2,1-2H3,(H,15,17). The molecule has 1 heterocycles. The van der Waals surface area contributed by atoms with E-state index in [1.165, 1.54) is 0 Å². The number of hydrogen-bond acceptors (Lipinski definition) is 3. The van der Waals surface area contributed by atoms with Gasteiger partial charge in [-0.25, -0.2) is 0 Å². The maximum atomic E-state index is 12.6. The van der Waals surface area contributed by atoms with E-state index in [2.05, 4.69) is 5.32 Å². The van der Waals surface area contributed by atoms with E-state index in [-0.39, 0.29) is 17.9 Å². The van der Waals surface area contributed by atoms with Crippen LogP contribution in [0.25, 0.3) is 0 Å². The first-order valence-corrected chi connectivity index (χ1v) is 7.25. The van der Waals surface area contributed by atoms with Gasteiger partial charge in [-0.15, -0.1) is 0 Å². The fraction of sp³-hybridized carbons (Fsp3) is 0.857. The minimum absolute atomic E-state index is 0.00234. The monoisotopic (exact) mass is 268 g/mol. The third-order valence-corrected chi connectivity index (χ3v) is 3.95. The van der Waals surface area contributed by atoms with Gasteiger partial charge in [0.05, 0.1) is 12.7 Å². The molecule has 1 saturated carbocycles. The summed E-state index contributed by atoms with van der Waals surface area (Å²) in [5, 5.41) is 2.96. The summed E-state index contributed by atoms with van der Waals surface area (Å²) in [7, 11) is 0. The molecule has 0 aromatic heterocycles. The second-order valence-corrected chi connectivity index (χ2v) is 5.80. The lowest BCUT2D eigenvalue weighted by Crippen LogP contribution is -2.55. The number of ether oxygens (including phenoxy) is 1. The number of rotatable bonds is 4. The summed E-state index contributed by atoms with van der Waals surface area (Å²) in [6, 6.07) is 0. The highest BCUT2D eigenvalue weighted by molar-refractivity contribution is 5.93. The normalized spacial score (nSPS) is 23.0. The zero-order valence-corrected chi connectivity index (χ0v) is 11.9. The van der Waals surface area contributed by atoms with Gasteiger partial charge in [0.2, 0.25) is 11.8 Å². The molecule has 2 rings (SSSR count). The number of nitrogens with one attached hydrogen (secondary N) is 1. The Bertz CT molecular complexity index is 349. The average molecular weight is 268 g/mol. The van der Waals surface area contributed by atoms with Gasteiger partial charge in [0.1, 0.15) is 5.54 Å². The molecule has 1 spiro atoms. The van der Waals surface area contributed by atoms with E-state index in [0.29, 0.717) is 26.1 Å². The van der Waals surface area contributed by atoms with Crippen LogP contribution in [-0.2, 0) is 14.3 Å². The Balaban J connectivity index is 2.02. The van der Waals surface area contributed by atoms with Crippen molar-refractivity contribution in [2.24, 2.45) is 0 Å². The van der Waals surface area contributed by atoms with Gasteiger partial charge in [-0.2, -0.15) is 0 Å². The third-order valence-electron chi connectivity index (χ3n) is 3.95. The molecule has 0 unspecified atom stereocenters. The first-order valence-electron chi connectivity index (χ1n) is 7.25. The van der Waals surface area contributed by atoms with E-state index in [1.807, 2.05) is 13.8 Å². The summed E-state index contributed by atoms with van der Waals surface area (Å²) < 4.78 is 5.51. The van der Waals surface area contributed by atoms with Gasteiger partial charge in [-0.1, -0.05) is 12.8 Å². The van der Waals surface area contributed by atoms with Crippen molar-refractivity contribution in [1.29, 1.82) is 0 Å². The number of carbonyl (C=O) groups is 2. The quantitative estimate of drug-likeness (QED) is 0.830. The second kappa shape index (κ2) is 5.90. The number of hydrogen-bond donors (Lipinski definition) is 1. The van der Waals surface area contributed by atoms with E-state index in [4.69, 9.17) is 4.74 Å². The summed E-state index contributed by atoms with van der Waals surface area (Å²) in [4.78, 5) is 26.2. The predicted molar refractivity (Wildman–Crippen MR) is 71.6 cm³/mol. The average Bonchev–Trinajstić information content (AvgIpc) is 2.77. The van der Waals surface area contributed by atoms with E-state index in [1.54, 1.807) is 4.90 Å². The fourth-order valence-electron chi connectivity index (χ4n) is 2.95. The van der Waals surface area contributed by atoms with Crippen molar-refractivity contribution in [3.05, 3.63) is 0 Å². The molecule has 108 valence electrons. The van der Waals surface area contributed by atoms with Crippen LogP contribution in [0.15, 0.2) is 0 Å². The van der Waals surface area contributed by atoms with Gasteiger partial charge >= 0.3 is 0 Å². The molecule has 5 heteroatoms. The molecule has 1 N–H and O–H groups in total. The van der Waals surface area contributed by atoms with Crippen LogP contribution in [0.3, 0.4) is 0 Å². The minimum Gasteiger partial charge on any atom is -0.377 e. The molecular weight excluding hydrogens is 244 g/mol. The van der Waals surface area contributed by atoms with Crippen LogP contribution in [0.4, 0.5) is 0 Å². The van der Waals surface area contributed by atoms with E-state index in [0.717, 1.165) is 25.7 Å². The van der Waals surface area contributed by atoms with Crippen LogP contribution in [0.1, 0.15) is 46.0 Å². The van der Waals surface area contributed by atoms with Crippen LogP contribution in [-0.4, -0.2) is 48.1 Å². The van der Waals surface area contributed by atoms with Crippen molar-refractivity contribution in [2.45, 2.75) is 57.6 Å². The molecule has 0 aromatic rings. The summed E-state index contributed by atoms with van der Waals surface area (Å²) in [5.74, 6) is 0.0886. The SMILES string of the molecule is CC(C)OCCN1CCC(=O)NC2(CCCC2)C1=O. The molecule has 0 radical (unpaired) electrons. The van der Waals surface area contributed by atoms with Gasteiger partial charge in [0.25, 0.3) is 0 Å². The molecule has 1 saturated heterocycles. The van der Waals surface area contributed by atoms with Crippen LogP contribution >= 0.6 is 0 Å². The van der Waals surface area contributed by atoms with Crippen molar-refractivity contribution in [3.8, 4) is 0 Å². The Kier molecular flexibility index (Phi) is 4.45. The van der Waals surface area contributed by atoms with Crippen LogP contribution in [0.5, 0.6) is 0 Å². The largest absolute Gasteiger partial charge is 0.377 e. The Labute approximate surface area is 114 Å². The highest BCUT2D eigenvalue weighted by atomic mass is 16.5. The van der Waals surface area contributed by atoms with Crippen LogP contribution < -0.4 is 5.32 Å². The number of nitrogens with zero attached hydrogens (tertiary/aromatic N) is 1. The molecule has 1 aliphatic heterocycles. The van der Waals surface area contributed by atoms with Gasteiger partial charge in [0.15, 0.2) is 0 Å². The second-order valence-electron chi connectivity index (χ2n) is 5.80. The molecule has 0 aromatic carbocycles. The van der Waals surface area contributed by atoms with Gasteiger partial charge < -0.3 is 15.0 Å². The summed E-state index contributed by atoms with van der Waals surface area (Å²) >= 11 is 0.